The van der Waals surface area contributed by atoms with Gasteiger partial charge in [-0.1, -0.05) is 0 Å². The maximum absolute atomic E-state index is 13.0. The van der Waals surface area contributed by atoms with Crippen molar-refractivity contribution in [3.63, 3.8) is 0 Å². The number of benzene rings is 1. The van der Waals surface area contributed by atoms with Crippen LogP contribution in [0.4, 0.5) is 23.2 Å². The zero-order chi connectivity index (χ0) is 13.3. The number of halogens is 4. The highest BCUT2D eigenvalue weighted by Crippen LogP contribution is 2.37. The second-order valence-electron chi connectivity index (χ2n) is 4.41. The SMILES string of the molecule is CC1CNCCN1c1ccc(F)cc1C(F)(F)F. The summed E-state index contributed by atoms with van der Waals surface area (Å²) in [4.78, 5) is 1.67. The lowest BCUT2D eigenvalue weighted by Gasteiger charge is -2.37. The number of alkyl halides is 3. The average Bonchev–Trinajstić information content (AvgIpc) is 2.29. The van der Waals surface area contributed by atoms with Crippen molar-refractivity contribution < 1.29 is 17.6 Å². The fourth-order valence-electron chi connectivity index (χ4n) is 2.18. The molecule has 0 bridgehead atoms. The summed E-state index contributed by atoms with van der Waals surface area (Å²) in [6.45, 7) is 3.57. The summed E-state index contributed by atoms with van der Waals surface area (Å²) in [7, 11) is 0. The van der Waals surface area contributed by atoms with E-state index in [1.54, 1.807) is 4.90 Å². The van der Waals surface area contributed by atoms with Crippen molar-refractivity contribution in [2.24, 2.45) is 0 Å². The zero-order valence-electron chi connectivity index (χ0n) is 9.89. The lowest BCUT2D eigenvalue weighted by atomic mass is 10.1. The van der Waals surface area contributed by atoms with Gasteiger partial charge < -0.3 is 10.2 Å². The molecule has 6 heteroatoms. The van der Waals surface area contributed by atoms with E-state index in [1.165, 1.54) is 6.07 Å². The highest BCUT2D eigenvalue weighted by molar-refractivity contribution is 5.56. The normalized spacial score (nSPS) is 21.2. The maximum Gasteiger partial charge on any atom is 0.418 e. The van der Waals surface area contributed by atoms with Gasteiger partial charge in [-0.15, -0.1) is 0 Å². The van der Waals surface area contributed by atoms with Crippen LogP contribution in [-0.2, 0) is 6.18 Å². The summed E-state index contributed by atoms with van der Waals surface area (Å²) >= 11 is 0. The largest absolute Gasteiger partial charge is 0.418 e. The number of piperazine rings is 1. The lowest BCUT2D eigenvalue weighted by molar-refractivity contribution is -0.137. The third-order valence-electron chi connectivity index (χ3n) is 3.07. The molecule has 1 atom stereocenters. The second kappa shape index (κ2) is 4.76. The van der Waals surface area contributed by atoms with Gasteiger partial charge in [0.15, 0.2) is 0 Å². The van der Waals surface area contributed by atoms with Crippen LogP contribution in [0, 0.1) is 5.82 Å². The lowest BCUT2D eigenvalue weighted by Crippen LogP contribution is -2.50. The van der Waals surface area contributed by atoms with Crippen LogP contribution >= 0.6 is 0 Å². The van der Waals surface area contributed by atoms with Gasteiger partial charge in [0.1, 0.15) is 5.82 Å². The standard InChI is InChI=1S/C12H14F4N2/c1-8-7-17-4-5-18(8)11-3-2-9(13)6-10(11)12(14,15)16/h2-3,6,8,17H,4-5,7H2,1H3. The van der Waals surface area contributed by atoms with E-state index in [4.69, 9.17) is 0 Å². The number of nitrogens with one attached hydrogen (secondary N) is 1. The van der Waals surface area contributed by atoms with Crippen molar-refractivity contribution in [3.05, 3.63) is 29.6 Å². The van der Waals surface area contributed by atoms with Gasteiger partial charge >= 0.3 is 6.18 Å². The molecule has 1 unspecified atom stereocenters. The fourth-order valence-corrected chi connectivity index (χ4v) is 2.18. The highest BCUT2D eigenvalue weighted by atomic mass is 19.4. The van der Waals surface area contributed by atoms with Gasteiger partial charge in [-0.05, 0) is 25.1 Å². The smallest absolute Gasteiger partial charge is 0.366 e. The van der Waals surface area contributed by atoms with Gasteiger partial charge in [-0.3, -0.25) is 0 Å². The molecule has 0 saturated carbocycles. The number of rotatable bonds is 1. The topological polar surface area (TPSA) is 15.3 Å². The molecule has 1 aromatic carbocycles. The molecule has 1 N–H and O–H groups in total. The first-order chi connectivity index (χ1) is 8.39. The summed E-state index contributed by atoms with van der Waals surface area (Å²) in [6, 6.07) is 2.79. The van der Waals surface area contributed by atoms with Crippen molar-refractivity contribution in [2.45, 2.75) is 19.1 Å². The van der Waals surface area contributed by atoms with E-state index < -0.39 is 17.6 Å². The molecule has 100 valence electrons. The third-order valence-corrected chi connectivity index (χ3v) is 3.07. The molecule has 1 aromatic rings. The van der Waals surface area contributed by atoms with Crippen molar-refractivity contribution in [3.8, 4) is 0 Å². The summed E-state index contributed by atoms with van der Waals surface area (Å²) in [6.07, 6.45) is -4.54. The Balaban J connectivity index is 2.43. The molecular formula is C12H14F4N2. The van der Waals surface area contributed by atoms with Crippen molar-refractivity contribution in [1.82, 2.24) is 5.32 Å². The average molecular weight is 262 g/mol. The third kappa shape index (κ3) is 2.58. The zero-order valence-corrected chi connectivity index (χ0v) is 9.89. The van der Waals surface area contributed by atoms with Crippen LogP contribution in [0.2, 0.25) is 0 Å². The molecule has 1 saturated heterocycles. The molecular weight excluding hydrogens is 248 g/mol. The van der Waals surface area contributed by atoms with Crippen LogP contribution in [0.3, 0.4) is 0 Å². The first-order valence-corrected chi connectivity index (χ1v) is 5.73. The molecule has 2 rings (SSSR count). The Labute approximate surface area is 103 Å². The molecule has 0 spiro atoms. The molecule has 2 nitrogen and oxygen atoms in total. The van der Waals surface area contributed by atoms with E-state index in [9.17, 15) is 17.6 Å². The summed E-state index contributed by atoms with van der Waals surface area (Å²) in [5.74, 6) is -0.867. The van der Waals surface area contributed by atoms with Gasteiger partial charge in [0, 0.05) is 31.4 Å². The van der Waals surface area contributed by atoms with Crippen LogP contribution in [0.15, 0.2) is 18.2 Å². The minimum absolute atomic E-state index is 0.0506. The molecule has 1 heterocycles. The fraction of sp³-hybridized carbons (Fsp3) is 0.500. The van der Waals surface area contributed by atoms with E-state index >= 15 is 0 Å². The van der Waals surface area contributed by atoms with Crippen LogP contribution in [-0.4, -0.2) is 25.7 Å². The Morgan fingerprint density at radius 2 is 2.06 bits per heavy atom. The molecule has 0 radical (unpaired) electrons. The van der Waals surface area contributed by atoms with Crippen molar-refractivity contribution >= 4 is 5.69 Å². The van der Waals surface area contributed by atoms with Crippen LogP contribution in [0.1, 0.15) is 12.5 Å². The molecule has 1 aliphatic rings. The molecule has 1 aliphatic heterocycles. The van der Waals surface area contributed by atoms with Crippen LogP contribution in [0.5, 0.6) is 0 Å². The molecule has 0 amide bonds. The van der Waals surface area contributed by atoms with Crippen LogP contribution < -0.4 is 10.2 Å². The number of hydrogen-bond donors (Lipinski definition) is 1. The van der Waals surface area contributed by atoms with Gasteiger partial charge in [0.05, 0.1) is 5.56 Å². The summed E-state index contributed by atoms with van der Waals surface area (Å²) in [5, 5.41) is 3.11. The Bertz CT molecular complexity index is 431. The van der Waals surface area contributed by atoms with E-state index in [0.29, 0.717) is 25.7 Å². The maximum atomic E-state index is 13.0. The predicted octanol–water partition coefficient (Wildman–Crippen LogP) is 2.64. The Morgan fingerprint density at radius 3 is 2.67 bits per heavy atom. The Hall–Kier alpha value is -1.30. The summed E-state index contributed by atoms with van der Waals surface area (Å²) < 4.78 is 51.7. The minimum atomic E-state index is -4.54. The number of hydrogen-bond acceptors (Lipinski definition) is 2. The Morgan fingerprint density at radius 1 is 1.33 bits per heavy atom. The predicted molar refractivity (Wildman–Crippen MR) is 61.1 cm³/mol. The van der Waals surface area contributed by atoms with E-state index in [0.717, 1.165) is 6.07 Å². The van der Waals surface area contributed by atoms with Gasteiger partial charge in [0.25, 0.3) is 0 Å². The number of anilines is 1. The molecule has 0 aliphatic carbocycles. The Kier molecular flexibility index (Phi) is 3.47. The monoisotopic (exact) mass is 262 g/mol. The quantitative estimate of drug-likeness (QED) is 0.783. The van der Waals surface area contributed by atoms with Gasteiger partial charge in [-0.25, -0.2) is 4.39 Å². The van der Waals surface area contributed by atoms with Gasteiger partial charge in [-0.2, -0.15) is 13.2 Å². The first kappa shape index (κ1) is 13.1. The van der Waals surface area contributed by atoms with Gasteiger partial charge in [0.2, 0.25) is 0 Å². The summed E-state index contributed by atoms with van der Waals surface area (Å²) in [5.41, 5.74) is -0.853. The molecule has 18 heavy (non-hydrogen) atoms. The molecule has 1 fully saturated rings. The van der Waals surface area contributed by atoms with Crippen molar-refractivity contribution in [1.29, 1.82) is 0 Å². The second-order valence-corrected chi connectivity index (χ2v) is 4.41. The van der Waals surface area contributed by atoms with E-state index in [1.807, 2.05) is 6.92 Å². The van der Waals surface area contributed by atoms with E-state index in [-0.39, 0.29) is 11.7 Å². The first-order valence-electron chi connectivity index (χ1n) is 5.73. The van der Waals surface area contributed by atoms with Crippen LogP contribution in [0.25, 0.3) is 0 Å². The van der Waals surface area contributed by atoms with E-state index in [2.05, 4.69) is 5.32 Å². The highest BCUT2D eigenvalue weighted by Gasteiger charge is 2.36. The number of nitrogens with zero attached hydrogens (tertiary/aromatic N) is 1. The van der Waals surface area contributed by atoms with Crippen molar-refractivity contribution in [2.75, 3.05) is 24.5 Å². The molecule has 0 aromatic heterocycles. The minimum Gasteiger partial charge on any atom is -0.366 e.